The third kappa shape index (κ3) is 5.77. The molecule has 0 radical (unpaired) electrons. The highest BCUT2D eigenvalue weighted by molar-refractivity contribution is 7.89. The molecule has 1 N–H and O–H groups in total. The molecule has 0 fully saturated rings. The Labute approximate surface area is 225 Å². The monoisotopic (exact) mass is 560 g/mol. The Bertz CT molecular complexity index is 1540. The van der Waals surface area contributed by atoms with Crippen LogP contribution in [0.1, 0.15) is 24.7 Å². The molecule has 0 bridgehead atoms. The van der Waals surface area contributed by atoms with Gasteiger partial charge in [-0.1, -0.05) is 60.5 Å². The fourth-order valence-electron chi connectivity index (χ4n) is 4.11. The molecule has 12 heteroatoms. The summed E-state index contributed by atoms with van der Waals surface area (Å²) in [6.45, 7) is 1.52. The van der Waals surface area contributed by atoms with Crippen LogP contribution in [0.25, 0.3) is 10.8 Å². The van der Waals surface area contributed by atoms with Crippen molar-refractivity contribution in [1.82, 2.24) is 24.9 Å². The number of ketones is 1. The lowest BCUT2D eigenvalue weighted by Crippen LogP contribution is -2.42. The van der Waals surface area contributed by atoms with Gasteiger partial charge < -0.3 is 4.90 Å². The Hall–Kier alpha value is -3.05. The maximum Gasteiger partial charge on any atom is 0.241 e. The van der Waals surface area contributed by atoms with Gasteiger partial charge in [-0.25, -0.2) is 17.8 Å². The summed E-state index contributed by atoms with van der Waals surface area (Å²) < 4.78 is 30.8. The van der Waals surface area contributed by atoms with E-state index in [2.05, 4.69) is 20.2 Å². The van der Waals surface area contributed by atoms with Gasteiger partial charge >= 0.3 is 0 Å². The number of nitrogens with zero attached hydrogens (tertiary/aromatic N) is 5. The normalized spacial score (nSPS) is 12.6. The van der Waals surface area contributed by atoms with E-state index in [9.17, 15) is 13.2 Å². The quantitative estimate of drug-likeness (QED) is 0.310. The number of hydrogen-bond acceptors (Lipinski definition) is 7. The van der Waals surface area contributed by atoms with Crippen molar-refractivity contribution in [3.05, 3.63) is 76.0 Å². The highest BCUT2D eigenvalue weighted by Gasteiger charge is 2.27. The number of carbonyl (C=O) groups is 1. The molecular formula is C25H26Cl2N6O3S. The number of fused-ring (bicyclic) bond motifs is 1. The fraction of sp³-hybridized carbons (Fsp3) is 0.280. The number of benzene rings is 3. The van der Waals surface area contributed by atoms with Gasteiger partial charge in [0, 0.05) is 47.0 Å². The summed E-state index contributed by atoms with van der Waals surface area (Å²) in [5.41, 5.74) is 1.53. The van der Waals surface area contributed by atoms with Gasteiger partial charge in [-0.2, -0.15) is 0 Å². The van der Waals surface area contributed by atoms with Gasteiger partial charge in [-0.3, -0.25) is 4.79 Å². The standard InChI is InChI=1S/C25H26Cl2N6O3S/c1-4-21(23(34)15-33-25(28-30-31-33)14-18-19(26)10-7-11-20(18)27)29-37(35,36)24-13-6-8-16-17(24)9-5-12-22(16)32(2)3/h5-13,21,29H,4,14-15H2,1-3H3. The molecule has 1 aromatic heterocycles. The summed E-state index contributed by atoms with van der Waals surface area (Å²) in [6.07, 6.45) is 0.463. The van der Waals surface area contributed by atoms with Crippen LogP contribution in [0.3, 0.4) is 0 Å². The van der Waals surface area contributed by atoms with Crippen LogP contribution in [-0.4, -0.2) is 54.5 Å². The first-order valence-corrected chi connectivity index (χ1v) is 13.8. The Morgan fingerprint density at radius 3 is 2.35 bits per heavy atom. The van der Waals surface area contributed by atoms with Crippen LogP contribution in [0.4, 0.5) is 5.69 Å². The molecule has 9 nitrogen and oxygen atoms in total. The second-order valence-electron chi connectivity index (χ2n) is 8.70. The third-order valence-corrected chi connectivity index (χ3v) is 8.27. The number of halogens is 2. The maximum atomic E-state index is 13.4. The van der Waals surface area contributed by atoms with Crippen LogP contribution < -0.4 is 9.62 Å². The van der Waals surface area contributed by atoms with Crippen LogP contribution in [0.5, 0.6) is 0 Å². The van der Waals surface area contributed by atoms with E-state index in [1.54, 1.807) is 37.3 Å². The molecule has 1 unspecified atom stereocenters. The van der Waals surface area contributed by atoms with Crippen molar-refractivity contribution < 1.29 is 13.2 Å². The zero-order chi connectivity index (χ0) is 26.7. The summed E-state index contributed by atoms with van der Waals surface area (Å²) in [7, 11) is -0.228. The molecule has 0 aliphatic heterocycles. The summed E-state index contributed by atoms with van der Waals surface area (Å²) in [5.74, 6) is 0.00502. The molecule has 0 spiro atoms. The van der Waals surface area contributed by atoms with E-state index in [0.717, 1.165) is 11.1 Å². The van der Waals surface area contributed by atoms with Gasteiger partial charge in [0.1, 0.15) is 6.54 Å². The smallest absolute Gasteiger partial charge is 0.241 e. The van der Waals surface area contributed by atoms with Crippen LogP contribution in [0, 0.1) is 0 Å². The minimum Gasteiger partial charge on any atom is -0.377 e. The fourth-order valence-corrected chi connectivity index (χ4v) is 6.16. The molecular weight excluding hydrogens is 535 g/mol. The van der Waals surface area contributed by atoms with Crippen LogP contribution >= 0.6 is 23.2 Å². The minimum atomic E-state index is -4.02. The first-order valence-electron chi connectivity index (χ1n) is 11.5. The van der Waals surface area contributed by atoms with E-state index in [1.165, 1.54) is 10.7 Å². The maximum absolute atomic E-state index is 13.4. The molecule has 0 aliphatic rings. The van der Waals surface area contributed by atoms with E-state index in [1.807, 2.05) is 37.2 Å². The SMILES string of the molecule is CCC(NS(=O)(=O)c1cccc2c(N(C)C)cccc12)C(=O)Cn1nnnc1Cc1c(Cl)cccc1Cl. The topological polar surface area (TPSA) is 110 Å². The van der Waals surface area contributed by atoms with Gasteiger partial charge in [0.25, 0.3) is 0 Å². The van der Waals surface area contributed by atoms with E-state index in [4.69, 9.17) is 23.2 Å². The lowest BCUT2D eigenvalue weighted by Gasteiger charge is -2.19. The van der Waals surface area contributed by atoms with Crippen LogP contribution in [0.2, 0.25) is 10.0 Å². The number of tetrazole rings is 1. The lowest BCUT2D eigenvalue weighted by molar-refractivity contribution is -0.121. The Morgan fingerprint density at radius 2 is 1.68 bits per heavy atom. The van der Waals surface area contributed by atoms with E-state index >= 15 is 0 Å². The second kappa shape index (κ2) is 11.1. The predicted molar refractivity (Wildman–Crippen MR) is 145 cm³/mol. The van der Waals surface area contributed by atoms with Crippen LogP contribution in [-0.2, 0) is 27.8 Å². The van der Waals surface area contributed by atoms with E-state index in [0.29, 0.717) is 26.8 Å². The van der Waals surface area contributed by atoms with Gasteiger partial charge in [0.15, 0.2) is 11.6 Å². The number of carbonyl (C=O) groups excluding carboxylic acids is 1. The summed E-state index contributed by atoms with van der Waals surface area (Å²) in [6, 6.07) is 14.8. The molecule has 4 rings (SSSR count). The molecule has 1 heterocycles. The van der Waals surface area contributed by atoms with Crippen molar-refractivity contribution in [3.63, 3.8) is 0 Å². The molecule has 1 atom stereocenters. The van der Waals surface area contributed by atoms with E-state index in [-0.39, 0.29) is 30.1 Å². The first-order chi connectivity index (χ1) is 17.6. The Morgan fingerprint density at radius 1 is 1.03 bits per heavy atom. The number of nitrogens with one attached hydrogen (secondary N) is 1. The lowest BCUT2D eigenvalue weighted by atomic mass is 10.1. The Kier molecular flexibility index (Phi) is 8.13. The summed E-state index contributed by atoms with van der Waals surface area (Å²) >= 11 is 12.5. The minimum absolute atomic E-state index is 0.108. The highest BCUT2D eigenvalue weighted by Crippen LogP contribution is 2.30. The number of hydrogen-bond donors (Lipinski definition) is 1. The second-order valence-corrected chi connectivity index (χ2v) is 11.2. The highest BCUT2D eigenvalue weighted by atomic mass is 35.5. The average Bonchev–Trinajstić information content (AvgIpc) is 3.30. The molecule has 0 saturated carbocycles. The molecule has 194 valence electrons. The van der Waals surface area contributed by atoms with Crippen molar-refractivity contribution in [2.45, 2.75) is 37.2 Å². The number of sulfonamides is 1. The van der Waals surface area contributed by atoms with Crippen molar-refractivity contribution in [2.24, 2.45) is 0 Å². The molecule has 37 heavy (non-hydrogen) atoms. The van der Waals surface area contributed by atoms with Crippen molar-refractivity contribution in [1.29, 1.82) is 0 Å². The van der Waals surface area contributed by atoms with Gasteiger partial charge in [0.05, 0.1) is 10.9 Å². The van der Waals surface area contributed by atoms with Crippen molar-refractivity contribution >= 4 is 55.5 Å². The summed E-state index contributed by atoms with van der Waals surface area (Å²) in [4.78, 5) is 15.2. The van der Waals surface area contributed by atoms with Gasteiger partial charge in [-0.15, -0.1) is 5.10 Å². The zero-order valence-electron chi connectivity index (χ0n) is 20.5. The number of aromatic nitrogens is 4. The molecule has 4 aromatic rings. The van der Waals surface area contributed by atoms with E-state index < -0.39 is 16.1 Å². The van der Waals surface area contributed by atoms with Gasteiger partial charge in [0.2, 0.25) is 10.0 Å². The van der Waals surface area contributed by atoms with Gasteiger partial charge in [-0.05, 0) is 46.7 Å². The Balaban J connectivity index is 1.57. The summed E-state index contributed by atoms with van der Waals surface area (Å²) in [5, 5.41) is 13.9. The molecule has 0 aliphatic carbocycles. The number of anilines is 1. The van der Waals surface area contributed by atoms with Crippen LogP contribution in [0.15, 0.2) is 59.5 Å². The molecule has 0 saturated heterocycles. The molecule has 0 amide bonds. The first kappa shape index (κ1) is 27.0. The van der Waals surface area contributed by atoms with Crippen molar-refractivity contribution in [3.8, 4) is 0 Å². The van der Waals surface area contributed by atoms with Crippen molar-refractivity contribution in [2.75, 3.05) is 19.0 Å². The third-order valence-electron chi connectivity index (χ3n) is 6.03. The zero-order valence-corrected chi connectivity index (χ0v) is 22.8. The largest absolute Gasteiger partial charge is 0.377 e. The average molecular weight is 561 g/mol. The predicted octanol–water partition coefficient (Wildman–Crippen LogP) is 4.12. The molecule has 3 aromatic carbocycles. The number of rotatable bonds is 10. The number of Topliss-reactive ketones (excluding diaryl/α,β-unsaturated/α-hetero) is 1.